The summed E-state index contributed by atoms with van der Waals surface area (Å²) in [7, 11) is 1.27. The van der Waals surface area contributed by atoms with Crippen molar-refractivity contribution in [3.63, 3.8) is 0 Å². The Morgan fingerprint density at radius 1 is 0.893 bits per heavy atom. The Bertz CT molecular complexity index is 913. The van der Waals surface area contributed by atoms with Crippen molar-refractivity contribution in [2.24, 2.45) is 5.92 Å². The summed E-state index contributed by atoms with van der Waals surface area (Å²) in [6, 6.07) is 11.2. The van der Waals surface area contributed by atoms with Gasteiger partial charge in [0.25, 0.3) is 11.8 Å². The smallest absolute Gasteiger partial charge is 0.337 e. The lowest BCUT2D eigenvalue weighted by Crippen LogP contribution is -2.49. The summed E-state index contributed by atoms with van der Waals surface area (Å²) in [6.45, 7) is 3.46. The largest absolute Gasteiger partial charge is 0.465 e. The molecule has 0 unspecified atom stereocenters. The van der Waals surface area contributed by atoms with E-state index in [0.717, 1.165) is 4.90 Å². The number of carbonyl (C=O) groups excluding carboxylic acids is 4. The summed E-state index contributed by atoms with van der Waals surface area (Å²) in [5, 5.41) is 0. The van der Waals surface area contributed by atoms with Crippen molar-refractivity contribution in [3.05, 3.63) is 65.2 Å². The highest BCUT2D eigenvalue weighted by Crippen LogP contribution is 2.28. The minimum Gasteiger partial charge on any atom is -0.465 e. The summed E-state index contributed by atoms with van der Waals surface area (Å²) in [6.07, 6.45) is 0. The molecule has 0 saturated heterocycles. The predicted octanol–water partition coefficient (Wildman–Crippen LogP) is 2.70. The van der Waals surface area contributed by atoms with Gasteiger partial charge in [-0.2, -0.15) is 0 Å². The lowest BCUT2D eigenvalue weighted by Gasteiger charge is -2.27. The maximum absolute atomic E-state index is 12.8. The average molecular weight is 381 g/mol. The molecule has 0 N–H and O–H groups in total. The van der Waals surface area contributed by atoms with Crippen LogP contribution >= 0.6 is 0 Å². The number of methoxy groups -OCH3 is 1. The molecule has 3 rings (SSSR count). The summed E-state index contributed by atoms with van der Waals surface area (Å²) < 4.78 is 10.00. The Hall–Kier alpha value is -3.48. The molecule has 144 valence electrons. The number of nitrogens with zero attached hydrogens (tertiary/aromatic N) is 1. The second kappa shape index (κ2) is 7.64. The van der Waals surface area contributed by atoms with Crippen LogP contribution in [0.2, 0.25) is 0 Å². The van der Waals surface area contributed by atoms with E-state index < -0.39 is 29.8 Å². The zero-order valence-electron chi connectivity index (χ0n) is 15.7. The molecular weight excluding hydrogens is 362 g/mol. The third-order valence-corrected chi connectivity index (χ3v) is 4.47. The van der Waals surface area contributed by atoms with Gasteiger partial charge in [-0.3, -0.25) is 14.5 Å². The van der Waals surface area contributed by atoms with Gasteiger partial charge in [-0.25, -0.2) is 9.59 Å². The Kier molecular flexibility index (Phi) is 5.26. The van der Waals surface area contributed by atoms with Crippen molar-refractivity contribution >= 4 is 23.8 Å². The van der Waals surface area contributed by atoms with Gasteiger partial charge in [0.05, 0.1) is 23.8 Å². The van der Waals surface area contributed by atoms with Gasteiger partial charge in [0, 0.05) is 0 Å². The maximum atomic E-state index is 12.8. The van der Waals surface area contributed by atoms with E-state index in [0.29, 0.717) is 5.56 Å². The third-order valence-electron chi connectivity index (χ3n) is 4.47. The van der Waals surface area contributed by atoms with E-state index in [1.54, 1.807) is 38.1 Å². The van der Waals surface area contributed by atoms with Crippen molar-refractivity contribution in [2.45, 2.75) is 19.9 Å². The van der Waals surface area contributed by atoms with Gasteiger partial charge >= 0.3 is 11.9 Å². The van der Waals surface area contributed by atoms with Crippen molar-refractivity contribution in [2.75, 3.05) is 7.11 Å². The van der Waals surface area contributed by atoms with Crippen LogP contribution in [0.25, 0.3) is 0 Å². The molecule has 28 heavy (non-hydrogen) atoms. The monoisotopic (exact) mass is 381 g/mol. The number of imide groups is 1. The number of amides is 2. The van der Waals surface area contributed by atoms with E-state index in [-0.39, 0.29) is 22.8 Å². The van der Waals surface area contributed by atoms with Crippen LogP contribution < -0.4 is 4.74 Å². The molecule has 0 aliphatic carbocycles. The standard InChI is InChI=1S/C21H19NO6/c1-12(2)17(22-18(23)15-6-4-5-7-16(15)19(22)24)21(26)28-14-10-8-13(9-11-14)20(25)27-3/h4-12,17H,1-3H3/t17-/m1/s1. The summed E-state index contributed by atoms with van der Waals surface area (Å²) >= 11 is 0. The Morgan fingerprint density at radius 2 is 1.43 bits per heavy atom. The van der Waals surface area contributed by atoms with E-state index in [1.165, 1.54) is 31.4 Å². The first-order chi connectivity index (χ1) is 13.3. The second-order valence-corrected chi connectivity index (χ2v) is 6.65. The molecular formula is C21H19NO6. The molecule has 0 aromatic heterocycles. The van der Waals surface area contributed by atoms with Crippen molar-refractivity contribution in [1.82, 2.24) is 4.90 Å². The molecule has 0 saturated carbocycles. The van der Waals surface area contributed by atoms with Crippen LogP contribution in [0.3, 0.4) is 0 Å². The fraction of sp³-hybridized carbons (Fsp3) is 0.238. The van der Waals surface area contributed by atoms with Crippen LogP contribution in [0.15, 0.2) is 48.5 Å². The highest BCUT2D eigenvalue weighted by molar-refractivity contribution is 6.22. The van der Waals surface area contributed by atoms with Gasteiger partial charge in [-0.1, -0.05) is 26.0 Å². The van der Waals surface area contributed by atoms with Crippen LogP contribution in [0, 0.1) is 5.92 Å². The van der Waals surface area contributed by atoms with Crippen LogP contribution in [-0.2, 0) is 9.53 Å². The fourth-order valence-electron chi connectivity index (χ4n) is 3.09. The minimum absolute atomic E-state index is 0.194. The molecule has 1 heterocycles. The van der Waals surface area contributed by atoms with Crippen molar-refractivity contribution < 1.29 is 28.7 Å². The topological polar surface area (TPSA) is 90.0 Å². The van der Waals surface area contributed by atoms with Gasteiger partial charge < -0.3 is 9.47 Å². The van der Waals surface area contributed by atoms with E-state index in [2.05, 4.69) is 4.74 Å². The number of rotatable bonds is 5. The Morgan fingerprint density at radius 3 is 1.89 bits per heavy atom. The first kappa shape index (κ1) is 19.3. The maximum Gasteiger partial charge on any atom is 0.337 e. The number of esters is 2. The highest BCUT2D eigenvalue weighted by Gasteiger charge is 2.44. The third kappa shape index (κ3) is 3.38. The van der Waals surface area contributed by atoms with Gasteiger partial charge in [-0.05, 0) is 42.3 Å². The van der Waals surface area contributed by atoms with Crippen molar-refractivity contribution in [1.29, 1.82) is 0 Å². The zero-order valence-corrected chi connectivity index (χ0v) is 15.7. The van der Waals surface area contributed by atoms with Crippen molar-refractivity contribution in [3.8, 4) is 5.75 Å². The molecule has 0 radical (unpaired) electrons. The molecule has 1 aliphatic heterocycles. The number of hydrogen-bond acceptors (Lipinski definition) is 6. The normalized spacial score (nSPS) is 14.1. The SMILES string of the molecule is COC(=O)c1ccc(OC(=O)[C@@H](C(C)C)N2C(=O)c3ccccc3C2=O)cc1. The Balaban J connectivity index is 1.83. The molecule has 2 aromatic rings. The van der Waals surface area contributed by atoms with Crippen LogP contribution in [0.4, 0.5) is 0 Å². The van der Waals surface area contributed by atoms with Gasteiger partial charge in [0.15, 0.2) is 0 Å². The molecule has 1 atom stereocenters. The number of ether oxygens (including phenoxy) is 2. The molecule has 1 aliphatic rings. The summed E-state index contributed by atoms with van der Waals surface area (Å²) in [5.74, 6) is -2.43. The number of benzene rings is 2. The second-order valence-electron chi connectivity index (χ2n) is 6.65. The first-order valence-corrected chi connectivity index (χ1v) is 8.72. The van der Waals surface area contributed by atoms with Gasteiger partial charge in [-0.15, -0.1) is 0 Å². The van der Waals surface area contributed by atoms with Gasteiger partial charge in [0.1, 0.15) is 11.8 Å². The van der Waals surface area contributed by atoms with Crippen LogP contribution in [0.1, 0.15) is 44.9 Å². The lowest BCUT2D eigenvalue weighted by atomic mass is 10.0. The van der Waals surface area contributed by atoms with Gasteiger partial charge in [0.2, 0.25) is 0 Å². The summed E-state index contributed by atoms with van der Waals surface area (Å²) in [4.78, 5) is 50.7. The highest BCUT2D eigenvalue weighted by atomic mass is 16.5. The molecule has 0 fully saturated rings. The molecule has 2 amide bonds. The molecule has 0 bridgehead atoms. The lowest BCUT2D eigenvalue weighted by molar-refractivity contribution is -0.140. The number of hydrogen-bond donors (Lipinski definition) is 0. The number of carbonyl (C=O) groups is 4. The minimum atomic E-state index is -1.08. The Labute approximate surface area is 161 Å². The molecule has 7 heteroatoms. The quantitative estimate of drug-likeness (QED) is 0.449. The molecule has 2 aromatic carbocycles. The average Bonchev–Trinajstić information content (AvgIpc) is 2.93. The van der Waals surface area contributed by atoms with Crippen LogP contribution in [-0.4, -0.2) is 41.8 Å². The predicted molar refractivity (Wildman–Crippen MR) is 99.0 cm³/mol. The van der Waals surface area contributed by atoms with E-state index in [9.17, 15) is 19.2 Å². The first-order valence-electron chi connectivity index (χ1n) is 8.72. The van der Waals surface area contributed by atoms with E-state index >= 15 is 0 Å². The number of fused-ring (bicyclic) bond motifs is 1. The molecule has 7 nitrogen and oxygen atoms in total. The van der Waals surface area contributed by atoms with E-state index in [1.807, 2.05) is 0 Å². The summed E-state index contributed by atoms with van der Waals surface area (Å²) in [5.41, 5.74) is 0.852. The van der Waals surface area contributed by atoms with Crippen LogP contribution in [0.5, 0.6) is 5.75 Å². The molecule has 0 spiro atoms. The fourth-order valence-corrected chi connectivity index (χ4v) is 3.09. The zero-order chi connectivity index (χ0) is 20.4. The van der Waals surface area contributed by atoms with E-state index in [4.69, 9.17) is 4.74 Å².